The number of hydrogen-bond acceptors (Lipinski definition) is 4. The number of carbonyl (C=O) groups excluding carboxylic acids is 1. The third-order valence-electron chi connectivity index (χ3n) is 4.19. The highest BCUT2D eigenvalue weighted by molar-refractivity contribution is 5.82. The first-order valence-corrected chi connectivity index (χ1v) is 8.41. The summed E-state index contributed by atoms with van der Waals surface area (Å²) in [6.45, 7) is 2.97. The molecule has 132 valence electrons. The molecule has 6 heteroatoms. The van der Waals surface area contributed by atoms with Gasteiger partial charge in [-0.15, -0.1) is 0 Å². The van der Waals surface area contributed by atoms with E-state index < -0.39 is 0 Å². The predicted molar refractivity (Wildman–Crippen MR) is 93.3 cm³/mol. The summed E-state index contributed by atoms with van der Waals surface area (Å²) in [5.74, 6) is 0.478. The monoisotopic (exact) mass is 343 g/mol. The number of hydrazine groups is 1. The second-order valence-electron chi connectivity index (χ2n) is 5.98. The molecule has 0 bridgehead atoms. The van der Waals surface area contributed by atoms with Crippen molar-refractivity contribution in [3.63, 3.8) is 0 Å². The zero-order valence-corrected chi connectivity index (χ0v) is 14.1. The summed E-state index contributed by atoms with van der Waals surface area (Å²) in [5, 5.41) is 2.87. The largest absolute Gasteiger partial charge is 0.494 e. The summed E-state index contributed by atoms with van der Waals surface area (Å²) in [7, 11) is 0. The zero-order valence-electron chi connectivity index (χ0n) is 14.1. The first-order chi connectivity index (χ1) is 12.2. The van der Waals surface area contributed by atoms with E-state index in [0.29, 0.717) is 19.6 Å². The molecule has 0 aliphatic carbocycles. The maximum absolute atomic E-state index is 12.9. The highest BCUT2D eigenvalue weighted by atomic mass is 19.1. The Balaban J connectivity index is 1.51. The van der Waals surface area contributed by atoms with Gasteiger partial charge in [0.2, 0.25) is 5.91 Å². The van der Waals surface area contributed by atoms with Crippen molar-refractivity contribution >= 4 is 5.91 Å². The molecule has 1 amide bonds. The Hall–Kier alpha value is -2.44. The molecular weight excluding hydrogens is 321 g/mol. The quantitative estimate of drug-likeness (QED) is 0.754. The molecule has 1 fully saturated rings. The molecule has 1 saturated heterocycles. The van der Waals surface area contributed by atoms with Gasteiger partial charge in [0.1, 0.15) is 17.6 Å². The molecular formula is C19H22FN3O2. The third-order valence-corrected chi connectivity index (χ3v) is 4.19. The van der Waals surface area contributed by atoms with Crippen molar-refractivity contribution in [2.24, 2.45) is 0 Å². The number of benzene rings is 2. The highest BCUT2D eigenvalue weighted by Gasteiger charge is 2.29. The normalized spacial score (nSPS) is 19.6. The van der Waals surface area contributed by atoms with E-state index in [1.54, 1.807) is 12.1 Å². The smallest absolute Gasteiger partial charge is 0.238 e. The van der Waals surface area contributed by atoms with Gasteiger partial charge in [0.25, 0.3) is 0 Å². The number of carbonyl (C=O) groups is 1. The van der Waals surface area contributed by atoms with Crippen LogP contribution in [0.3, 0.4) is 0 Å². The number of rotatable bonds is 6. The van der Waals surface area contributed by atoms with Gasteiger partial charge in [-0.3, -0.25) is 4.79 Å². The minimum atomic E-state index is -0.308. The number of hydrogen-bond donors (Lipinski definition) is 3. The molecule has 0 radical (unpaired) electrons. The van der Waals surface area contributed by atoms with E-state index in [9.17, 15) is 9.18 Å². The van der Waals surface area contributed by atoms with E-state index in [-0.39, 0.29) is 23.8 Å². The lowest BCUT2D eigenvalue weighted by Gasteiger charge is -2.11. The second-order valence-corrected chi connectivity index (χ2v) is 5.98. The maximum atomic E-state index is 12.9. The van der Waals surface area contributed by atoms with Crippen LogP contribution in [0, 0.1) is 5.82 Å². The number of amides is 1. The Morgan fingerprint density at radius 3 is 2.56 bits per heavy atom. The molecule has 2 aromatic carbocycles. The lowest BCUT2D eigenvalue weighted by atomic mass is 10.0. The van der Waals surface area contributed by atoms with E-state index in [1.165, 1.54) is 12.1 Å². The number of halogens is 1. The van der Waals surface area contributed by atoms with Gasteiger partial charge in [-0.25, -0.2) is 15.2 Å². The van der Waals surface area contributed by atoms with Gasteiger partial charge in [0, 0.05) is 12.6 Å². The molecule has 0 saturated carbocycles. The van der Waals surface area contributed by atoms with Gasteiger partial charge in [-0.05, 0) is 48.7 Å². The standard InChI is InChI=1S/C19H22FN3O2/c1-2-25-16-9-5-14(6-10-16)17-11-18(23-22-17)19(24)21-12-13-3-7-15(20)8-4-13/h3-10,17-18,22-23H,2,11-12H2,1H3,(H,21,24). The lowest BCUT2D eigenvalue weighted by Crippen LogP contribution is -2.42. The summed E-state index contributed by atoms with van der Waals surface area (Å²) in [5.41, 5.74) is 8.16. The topological polar surface area (TPSA) is 62.4 Å². The van der Waals surface area contributed by atoms with E-state index in [1.807, 2.05) is 31.2 Å². The molecule has 1 aliphatic heterocycles. The molecule has 2 aromatic rings. The highest BCUT2D eigenvalue weighted by Crippen LogP contribution is 2.24. The first-order valence-electron chi connectivity index (χ1n) is 8.41. The van der Waals surface area contributed by atoms with Crippen LogP contribution in [0.5, 0.6) is 5.75 Å². The van der Waals surface area contributed by atoms with Crippen LogP contribution in [0.25, 0.3) is 0 Å². The van der Waals surface area contributed by atoms with Crippen molar-refractivity contribution in [3.8, 4) is 5.75 Å². The Kier molecular flexibility index (Phi) is 5.63. The van der Waals surface area contributed by atoms with E-state index in [4.69, 9.17) is 4.74 Å². The molecule has 3 rings (SSSR count). The molecule has 2 atom stereocenters. The average Bonchev–Trinajstić information content (AvgIpc) is 3.12. The zero-order chi connectivity index (χ0) is 17.6. The summed E-state index contributed by atoms with van der Waals surface area (Å²) >= 11 is 0. The van der Waals surface area contributed by atoms with E-state index in [2.05, 4.69) is 16.2 Å². The molecule has 1 aliphatic rings. The van der Waals surface area contributed by atoms with Gasteiger partial charge in [0.15, 0.2) is 0 Å². The van der Waals surface area contributed by atoms with Crippen LogP contribution < -0.4 is 20.9 Å². The summed E-state index contributed by atoms with van der Waals surface area (Å²) < 4.78 is 18.3. The molecule has 3 N–H and O–H groups in total. The van der Waals surface area contributed by atoms with Crippen molar-refractivity contribution in [2.75, 3.05) is 6.61 Å². The van der Waals surface area contributed by atoms with Crippen molar-refractivity contribution in [1.29, 1.82) is 0 Å². The molecule has 25 heavy (non-hydrogen) atoms. The van der Waals surface area contributed by atoms with Crippen molar-refractivity contribution in [1.82, 2.24) is 16.2 Å². The SMILES string of the molecule is CCOc1ccc(C2CC(C(=O)NCc3ccc(F)cc3)NN2)cc1. The number of ether oxygens (including phenoxy) is 1. The molecule has 1 heterocycles. The van der Waals surface area contributed by atoms with Gasteiger partial charge in [-0.1, -0.05) is 24.3 Å². The van der Waals surface area contributed by atoms with Crippen molar-refractivity contribution in [3.05, 3.63) is 65.5 Å². The molecule has 0 spiro atoms. The third kappa shape index (κ3) is 4.55. The van der Waals surface area contributed by atoms with Crippen molar-refractivity contribution < 1.29 is 13.9 Å². The van der Waals surface area contributed by atoms with Gasteiger partial charge < -0.3 is 10.1 Å². The van der Waals surface area contributed by atoms with Crippen LogP contribution in [-0.4, -0.2) is 18.6 Å². The minimum absolute atomic E-state index is 0.0669. The van der Waals surface area contributed by atoms with Gasteiger partial charge in [-0.2, -0.15) is 0 Å². The van der Waals surface area contributed by atoms with Crippen LogP contribution in [0.2, 0.25) is 0 Å². The van der Waals surface area contributed by atoms with Crippen LogP contribution in [0.15, 0.2) is 48.5 Å². The van der Waals surface area contributed by atoms with Gasteiger partial charge in [0.05, 0.1) is 6.61 Å². The first kappa shape index (κ1) is 17.4. The maximum Gasteiger partial charge on any atom is 0.238 e. The summed E-state index contributed by atoms with van der Waals surface area (Å²) in [6, 6.07) is 13.7. The van der Waals surface area contributed by atoms with E-state index in [0.717, 1.165) is 16.9 Å². The Morgan fingerprint density at radius 1 is 1.16 bits per heavy atom. The van der Waals surface area contributed by atoms with Crippen LogP contribution in [-0.2, 0) is 11.3 Å². The van der Waals surface area contributed by atoms with E-state index >= 15 is 0 Å². The minimum Gasteiger partial charge on any atom is -0.494 e. The Morgan fingerprint density at radius 2 is 1.88 bits per heavy atom. The fourth-order valence-electron chi connectivity index (χ4n) is 2.82. The molecule has 5 nitrogen and oxygen atoms in total. The van der Waals surface area contributed by atoms with Gasteiger partial charge >= 0.3 is 0 Å². The second kappa shape index (κ2) is 8.09. The van der Waals surface area contributed by atoms with Crippen molar-refractivity contribution in [2.45, 2.75) is 32.0 Å². The summed E-state index contributed by atoms with van der Waals surface area (Å²) in [4.78, 5) is 12.3. The Bertz CT molecular complexity index is 704. The van der Waals surface area contributed by atoms with Crippen LogP contribution >= 0.6 is 0 Å². The fourth-order valence-corrected chi connectivity index (χ4v) is 2.82. The van der Waals surface area contributed by atoms with Crippen LogP contribution in [0.1, 0.15) is 30.5 Å². The van der Waals surface area contributed by atoms with Crippen LogP contribution in [0.4, 0.5) is 4.39 Å². The fraction of sp³-hybridized carbons (Fsp3) is 0.316. The predicted octanol–water partition coefficient (Wildman–Crippen LogP) is 2.45. The molecule has 0 aromatic heterocycles. The average molecular weight is 343 g/mol. The number of nitrogens with one attached hydrogen (secondary N) is 3. The Labute approximate surface area is 146 Å². The molecule has 2 unspecified atom stereocenters. The summed E-state index contributed by atoms with van der Waals surface area (Å²) in [6.07, 6.45) is 0.656. The lowest BCUT2D eigenvalue weighted by molar-refractivity contribution is -0.123.